The van der Waals surface area contributed by atoms with E-state index >= 15 is 0 Å². The van der Waals surface area contributed by atoms with Gasteiger partial charge in [0.15, 0.2) is 5.16 Å². The maximum atomic E-state index is 13.2. The number of carbonyl (C=O) groups excluding carboxylic acids is 2. The van der Waals surface area contributed by atoms with Crippen molar-refractivity contribution in [3.8, 4) is 0 Å². The van der Waals surface area contributed by atoms with Crippen molar-refractivity contribution in [3.63, 3.8) is 0 Å². The van der Waals surface area contributed by atoms with Gasteiger partial charge in [0, 0.05) is 25.4 Å². The number of thioether (sulfide) groups is 1. The first-order valence-electron chi connectivity index (χ1n) is 10.4. The fourth-order valence-electron chi connectivity index (χ4n) is 3.82. The fourth-order valence-corrected chi connectivity index (χ4v) is 4.70. The van der Waals surface area contributed by atoms with E-state index in [2.05, 4.69) is 32.2 Å². The maximum Gasteiger partial charge on any atom is 0.237 e. The van der Waals surface area contributed by atoms with Crippen LogP contribution in [-0.4, -0.2) is 38.4 Å². The van der Waals surface area contributed by atoms with E-state index in [9.17, 15) is 9.59 Å². The van der Waals surface area contributed by atoms with Crippen molar-refractivity contribution in [2.45, 2.75) is 44.4 Å². The second-order valence-electron chi connectivity index (χ2n) is 7.48. The molecule has 1 N–H and O–H groups in total. The molecule has 160 valence electrons. The number of carbonyl (C=O) groups is 2. The van der Waals surface area contributed by atoms with Gasteiger partial charge in [0.2, 0.25) is 11.8 Å². The highest BCUT2D eigenvalue weighted by Crippen LogP contribution is 2.32. The van der Waals surface area contributed by atoms with Crippen LogP contribution in [0.2, 0.25) is 0 Å². The van der Waals surface area contributed by atoms with Gasteiger partial charge in [-0.25, -0.2) is 0 Å². The number of aromatic nitrogens is 3. The molecule has 1 aliphatic heterocycles. The van der Waals surface area contributed by atoms with Crippen LogP contribution in [0.3, 0.4) is 0 Å². The molecule has 0 saturated heterocycles. The predicted molar refractivity (Wildman–Crippen MR) is 122 cm³/mol. The molecule has 1 aliphatic rings. The molecule has 0 fully saturated rings. The Morgan fingerprint density at radius 3 is 2.65 bits per heavy atom. The van der Waals surface area contributed by atoms with Crippen LogP contribution in [0.25, 0.3) is 0 Å². The van der Waals surface area contributed by atoms with E-state index in [1.165, 1.54) is 17.3 Å². The molecule has 0 bridgehead atoms. The Hall–Kier alpha value is -3.13. The standard InChI is InChI=1S/C23H25N5O2S/c1-3-27-20(14-17-9-5-4-6-10-17)25-26-23(27)31-15-22(30)28-16(2)13-21(29)24-18-11-7-8-12-19(18)28/h4-12,16H,3,13-15H2,1-2H3,(H,24,29)/t16-/m1/s1. The average molecular weight is 436 g/mol. The van der Waals surface area contributed by atoms with Gasteiger partial charge in [-0.2, -0.15) is 0 Å². The Balaban J connectivity index is 1.50. The van der Waals surface area contributed by atoms with Gasteiger partial charge in [0.1, 0.15) is 5.82 Å². The summed E-state index contributed by atoms with van der Waals surface area (Å²) in [4.78, 5) is 27.1. The molecule has 0 unspecified atom stereocenters. The zero-order valence-electron chi connectivity index (χ0n) is 17.6. The van der Waals surface area contributed by atoms with Gasteiger partial charge in [-0.3, -0.25) is 9.59 Å². The molecule has 1 atom stereocenters. The van der Waals surface area contributed by atoms with Crippen LogP contribution < -0.4 is 10.2 Å². The van der Waals surface area contributed by atoms with Crippen LogP contribution in [0.15, 0.2) is 59.8 Å². The first-order chi connectivity index (χ1) is 15.1. The van der Waals surface area contributed by atoms with Crippen molar-refractivity contribution in [3.05, 3.63) is 66.0 Å². The third-order valence-corrected chi connectivity index (χ3v) is 6.22. The summed E-state index contributed by atoms with van der Waals surface area (Å²) in [6, 6.07) is 17.3. The van der Waals surface area contributed by atoms with Gasteiger partial charge in [0.25, 0.3) is 0 Å². The third-order valence-electron chi connectivity index (χ3n) is 5.27. The molecule has 0 saturated carbocycles. The van der Waals surface area contributed by atoms with Gasteiger partial charge in [-0.05, 0) is 31.5 Å². The molecule has 7 nitrogen and oxygen atoms in total. The van der Waals surface area contributed by atoms with Gasteiger partial charge in [0.05, 0.1) is 17.1 Å². The third kappa shape index (κ3) is 4.64. The molecule has 0 aliphatic carbocycles. The highest BCUT2D eigenvalue weighted by molar-refractivity contribution is 7.99. The lowest BCUT2D eigenvalue weighted by atomic mass is 10.1. The van der Waals surface area contributed by atoms with E-state index in [4.69, 9.17) is 0 Å². The molecule has 4 rings (SSSR count). The summed E-state index contributed by atoms with van der Waals surface area (Å²) in [6.07, 6.45) is 0.956. The number of anilines is 2. The summed E-state index contributed by atoms with van der Waals surface area (Å²) < 4.78 is 2.05. The number of nitrogens with zero attached hydrogens (tertiary/aromatic N) is 4. The molecule has 3 aromatic rings. The Kier molecular flexibility index (Phi) is 6.36. The lowest BCUT2D eigenvalue weighted by molar-refractivity contribution is -0.117. The second kappa shape index (κ2) is 9.34. The molecular weight excluding hydrogens is 410 g/mol. The number of para-hydroxylation sites is 2. The minimum Gasteiger partial charge on any atom is -0.324 e. The predicted octanol–water partition coefficient (Wildman–Crippen LogP) is 3.74. The summed E-state index contributed by atoms with van der Waals surface area (Å²) in [6.45, 7) is 4.68. The van der Waals surface area contributed by atoms with Gasteiger partial charge < -0.3 is 14.8 Å². The summed E-state index contributed by atoms with van der Waals surface area (Å²) in [5, 5.41) is 12.3. The summed E-state index contributed by atoms with van der Waals surface area (Å²) in [7, 11) is 0. The van der Waals surface area contributed by atoms with Crippen LogP contribution in [-0.2, 0) is 22.6 Å². The molecule has 8 heteroatoms. The highest BCUT2D eigenvalue weighted by Gasteiger charge is 2.29. The zero-order valence-corrected chi connectivity index (χ0v) is 18.4. The lowest BCUT2D eigenvalue weighted by Crippen LogP contribution is -2.40. The molecule has 2 amide bonds. The van der Waals surface area contributed by atoms with Crippen LogP contribution in [0.5, 0.6) is 0 Å². The number of benzene rings is 2. The number of rotatable bonds is 6. The first kappa shape index (κ1) is 21.1. The molecule has 0 radical (unpaired) electrons. The first-order valence-corrected chi connectivity index (χ1v) is 11.3. The van der Waals surface area contributed by atoms with Crippen molar-refractivity contribution in [2.75, 3.05) is 16.0 Å². The zero-order chi connectivity index (χ0) is 21.8. The Morgan fingerprint density at radius 1 is 1.13 bits per heavy atom. The summed E-state index contributed by atoms with van der Waals surface area (Å²) in [5.41, 5.74) is 2.56. The largest absolute Gasteiger partial charge is 0.324 e. The molecule has 0 spiro atoms. The normalized spacial score (nSPS) is 15.9. The maximum absolute atomic E-state index is 13.2. The Labute approximate surface area is 185 Å². The molecular formula is C23H25N5O2S. The monoisotopic (exact) mass is 435 g/mol. The molecule has 31 heavy (non-hydrogen) atoms. The Morgan fingerprint density at radius 2 is 1.87 bits per heavy atom. The number of hydrogen-bond acceptors (Lipinski definition) is 5. The van der Waals surface area contributed by atoms with Crippen LogP contribution in [0, 0.1) is 0 Å². The number of hydrogen-bond donors (Lipinski definition) is 1. The van der Waals surface area contributed by atoms with Crippen molar-refractivity contribution in [2.24, 2.45) is 0 Å². The van der Waals surface area contributed by atoms with Crippen LogP contribution >= 0.6 is 11.8 Å². The van der Waals surface area contributed by atoms with Gasteiger partial charge in [-0.15, -0.1) is 10.2 Å². The number of fused-ring (bicyclic) bond motifs is 1. The number of nitrogens with one attached hydrogen (secondary N) is 1. The fraction of sp³-hybridized carbons (Fsp3) is 0.304. The summed E-state index contributed by atoms with van der Waals surface area (Å²) in [5.74, 6) is 0.957. The van der Waals surface area contributed by atoms with Crippen molar-refractivity contribution in [1.29, 1.82) is 0 Å². The molecule has 2 aromatic carbocycles. The van der Waals surface area contributed by atoms with Crippen molar-refractivity contribution in [1.82, 2.24) is 14.8 Å². The average Bonchev–Trinajstić information content (AvgIpc) is 3.09. The molecule has 1 aromatic heterocycles. The van der Waals surface area contributed by atoms with E-state index in [0.717, 1.165) is 23.2 Å². The van der Waals surface area contributed by atoms with E-state index in [-0.39, 0.29) is 30.0 Å². The second-order valence-corrected chi connectivity index (χ2v) is 8.42. The van der Waals surface area contributed by atoms with Gasteiger partial charge in [-0.1, -0.05) is 54.2 Å². The lowest BCUT2D eigenvalue weighted by Gasteiger charge is -2.27. The minimum atomic E-state index is -0.227. The molecule has 2 heterocycles. The smallest absolute Gasteiger partial charge is 0.237 e. The topological polar surface area (TPSA) is 80.1 Å². The number of amides is 2. The van der Waals surface area contributed by atoms with Crippen molar-refractivity contribution < 1.29 is 9.59 Å². The quantitative estimate of drug-likeness (QED) is 0.597. The highest BCUT2D eigenvalue weighted by atomic mass is 32.2. The van der Waals surface area contributed by atoms with Crippen molar-refractivity contribution >= 4 is 35.0 Å². The van der Waals surface area contributed by atoms with E-state index < -0.39 is 0 Å². The summed E-state index contributed by atoms with van der Waals surface area (Å²) >= 11 is 1.38. The van der Waals surface area contributed by atoms with E-state index in [0.29, 0.717) is 12.1 Å². The minimum absolute atomic E-state index is 0.0586. The van der Waals surface area contributed by atoms with Crippen LogP contribution in [0.4, 0.5) is 11.4 Å². The van der Waals surface area contributed by atoms with E-state index in [1.54, 1.807) is 4.90 Å². The van der Waals surface area contributed by atoms with Crippen LogP contribution in [0.1, 0.15) is 31.7 Å². The SMILES string of the molecule is CCn1c(Cc2ccccc2)nnc1SCC(=O)N1c2ccccc2NC(=O)C[C@H]1C. The van der Waals surface area contributed by atoms with Gasteiger partial charge >= 0.3 is 0 Å². The van der Waals surface area contributed by atoms with E-state index in [1.807, 2.05) is 56.3 Å². The Bertz CT molecular complexity index is 1080.